The summed E-state index contributed by atoms with van der Waals surface area (Å²) in [5.74, 6) is 1.17. The first-order valence-electron chi connectivity index (χ1n) is 9.08. The molecular weight excluding hydrogens is 300 g/mol. The molecule has 1 unspecified atom stereocenters. The van der Waals surface area contributed by atoms with E-state index in [2.05, 4.69) is 32.0 Å². The molecule has 130 valence electrons. The van der Waals surface area contributed by atoms with Gasteiger partial charge in [0.15, 0.2) is 0 Å². The zero-order chi connectivity index (χ0) is 17.3. The number of rotatable bonds is 3. The van der Waals surface area contributed by atoms with Gasteiger partial charge in [0, 0.05) is 32.6 Å². The topological polar surface area (TPSA) is 40.6 Å². The van der Waals surface area contributed by atoms with Crippen molar-refractivity contribution in [3.8, 4) is 0 Å². The van der Waals surface area contributed by atoms with Gasteiger partial charge in [-0.25, -0.2) is 0 Å². The fourth-order valence-electron chi connectivity index (χ4n) is 4.31. The van der Waals surface area contributed by atoms with Crippen LogP contribution < -0.4 is 0 Å². The normalized spacial score (nSPS) is 21.8. The summed E-state index contributed by atoms with van der Waals surface area (Å²) in [5.41, 5.74) is 4.20. The second kappa shape index (κ2) is 6.96. The van der Waals surface area contributed by atoms with Gasteiger partial charge in [-0.15, -0.1) is 0 Å². The summed E-state index contributed by atoms with van der Waals surface area (Å²) in [6.07, 6.45) is 4.04. The van der Waals surface area contributed by atoms with Gasteiger partial charge in [0.1, 0.15) is 0 Å². The quantitative estimate of drug-likeness (QED) is 0.801. The Morgan fingerprint density at radius 2 is 1.96 bits per heavy atom. The van der Waals surface area contributed by atoms with Gasteiger partial charge in [-0.2, -0.15) is 0 Å². The number of hydrogen-bond acceptors (Lipinski definition) is 2. The fraction of sp³-hybridized carbons (Fsp3) is 0.600. The van der Waals surface area contributed by atoms with Gasteiger partial charge in [-0.1, -0.05) is 32.0 Å². The molecule has 2 aliphatic rings. The summed E-state index contributed by atoms with van der Waals surface area (Å²) >= 11 is 0. The van der Waals surface area contributed by atoms with Crippen LogP contribution in [0.15, 0.2) is 18.2 Å². The van der Waals surface area contributed by atoms with Gasteiger partial charge in [-0.3, -0.25) is 9.59 Å². The van der Waals surface area contributed by atoms with Gasteiger partial charge >= 0.3 is 0 Å². The highest BCUT2D eigenvalue weighted by molar-refractivity contribution is 5.73. The number of likely N-dealkylation sites (tertiary alicyclic amines) is 1. The molecule has 2 heterocycles. The number of amides is 2. The van der Waals surface area contributed by atoms with E-state index in [1.165, 1.54) is 16.7 Å². The third-order valence-electron chi connectivity index (χ3n) is 5.79. The number of piperidine rings is 1. The standard InChI is InChI=1S/C20H28N2O2/c1-14(2)20-11-19-17(12-22(20)13-23)5-4-6-18(19)16-7-9-21(10-8-16)15(3)24/h4-6,13-14,16,20H,7-12H2,1-3H3. The van der Waals surface area contributed by atoms with Gasteiger partial charge in [0.25, 0.3) is 0 Å². The van der Waals surface area contributed by atoms with E-state index >= 15 is 0 Å². The van der Waals surface area contributed by atoms with Crippen molar-refractivity contribution in [1.82, 2.24) is 9.80 Å². The maximum absolute atomic E-state index is 11.5. The zero-order valence-corrected chi connectivity index (χ0v) is 15.0. The molecule has 4 nitrogen and oxygen atoms in total. The summed E-state index contributed by atoms with van der Waals surface area (Å²) in [7, 11) is 0. The second-order valence-corrected chi connectivity index (χ2v) is 7.56. The van der Waals surface area contributed by atoms with Crippen molar-refractivity contribution in [3.05, 3.63) is 34.9 Å². The Morgan fingerprint density at radius 1 is 1.25 bits per heavy atom. The molecular formula is C20H28N2O2. The van der Waals surface area contributed by atoms with Crippen LogP contribution >= 0.6 is 0 Å². The predicted octanol–water partition coefficient (Wildman–Crippen LogP) is 2.95. The average Bonchev–Trinajstić information content (AvgIpc) is 2.59. The third kappa shape index (κ3) is 3.19. The molecule has 0 radical (unpaired) electrons. The van der Waals surface area contributed by atoms with Crippen LogP contribution in [0.3, 0.4) is 0 Å². The molecule has 1 saturated heterocycles. The molecule has 0 aliphatic carbocycles. The number of carbonyl (C=O) groups excluding carboxylic acids is 2. The largest absolute Gasteiger partial charge is 0.343 e. The Bertz CT molecular complexity index is 618. The van der Waals surface area contributed by atoms with Crippen molar-refractivity contribution in [3.63, 3.8) is 0 Å². The summed E-state index contributed by atoms with van der Waals surface area (Å²) in [5, 5.41) is 0. The van der Waals surface area contributed by atoms with Gasteiger partial charge in [-0.05, 0) is 47.8 Å². The maximum atomic E-state index is 11.5. The first-order valence-corrected chi connectivity index (χ1v) is 9.08. The van der Waals surface area contributed by atoms with E-state index in [4.69, 9.17) is 0 Å². The van der Waals surface area contributed by atoms with Crippen LogP contribution in [0.4, 0.5) is 0 Å². The molecule has 0 saturated carbocycles. The molecule has 0 spiro atoms. The van der Waals surface area contributed by atoms with Crippen LogP contribution in [0.25, 0.3) is 0 Å². The number of carbonyl (C=O) groups is 2. The van der Waals surface area contributed by atoms with E-state index < -0.39 is 0 Å². The summed E-state index contributed by atoms with van der Waals surface area (Å²) in [4.78, 5) is 26.9. The molecule has 1 fully saturated rings. The van der Waals surface area contributed by atoms with Crippen LogP contribution in [0.1, 0.15) is 56.2 Å². The minimum atomic E-state index is 0.185. The van der Waals surface area contributed by atoms with Crippen molar-refractivity contribution < 1.29 is 9.59 Å². The van der Waals surface area contributed by atoms with Crippen LogP contribution in [0.2, 0.25) is 0 Å². The highest BCUT2D eigenvalue weighted by Gasteiger charge is 2.31. The first kappa shape index (κ1) is 17.0. The van der Waals surface area contributed by atoms with E-state index in [1.807, 2.05) is 9.80 Å². The van der Waals surface area contributed by atoms with E-state index in [9.17, 15) is 9.59 Å². The Kier molecular flexibility index (Phi) is 4.93. The van der Waals surface area contributed by atoms with Crippen molar-refractivity contribution in [2.24, 2.45) is 5.92 Å². The molecule has 4 heteroatoms. The lowest BCUT2D eigenvalue weighted by atomic mass is 9.79. The monoisotopic (exact) mass is 328 g/mol. The van der Waals surface area contributed by atoms with E-state index in [1.54, 1.807) is 6.92 Å². The lowest BCUT2D eigenvalue weighted by Gasteiger charge is -2.39. The van der Waals surface area contributed by atoms with Gasteiger partial charge in [0.2, 0.25) is 12.3 Å². The van der Waals surface area contributed by atoms with Crippen molar-refractivity contribution in [2.45, 2.75) is 58.5 Å². The van der Waals surface area contributed by atoms with Crippen LogP contribution in [0.5, 0.6) is 0 Å². The molecule has 1 atom stereocenters. The summed E-state index contributed by atoms with van der Waals surface area (Å²) in [6.45, 7) is 8.49. The Balaban J connectivity index is 1.85. The number of nitrogens with zero attached hydrogens (tertiary/aromatic N) is 2. The number of benzene rings is 1. The SMILES string of the molecule is CC(=O)N1CCC(c2cccc3c2CC(C(C)C)N(C=O)C3)CC1. The summed E-state index contributed by atoms with van der Waals surface area (Å²) < 4.78 is 0. The third-order valence-corrected chi connectivity index (χ3v) is 5.79. The zero-order valence-electron chi connectivity index (χ0n) is 15.0. The molecule has 0 bridgehead atoms. The minimum Gasteiger partial charge on any atom is -0.343 e. The molecule has 2 amide bonds. The molecule has 0 N–H and O–H groups in total. The van der Waals surface area contributed by atoms with Crippen molar-refractivity contribution >= 4 is 12.3 Å². The molecule has 1 aromatic carbocycles. The molecule has 0 aromatic heterocycles. The van der Waals surface area contributed by atoms with E-state index in [-0.39, 0.29) is 11.9 Å². The highest BCUT2D eigenvalue weighted by Crippen LogP contribution is 2.36. The first-order chi connectivity index (χ1) is 11.5. The fourth-order valence-corrected chi connectivity index (χ4v) is 4.31. The van der Waals surface area contributed by atoms with E-state index in [0.29, 0.717) is 11.8 Å². The smallest absolute Gasteiger partial charge is 0.219 e. The van der Waals surface area contributed by atoms with Crippen LogP contribution in [-0.4, -0.2) is 41.2 Å². The maximum Gasteiger partial charge on any atom is 0.219 e. The second-order valence-electron chi connectivity index (χ2n) is 7.56. The lowest BCUT2D eigenvalue weighted by Crippen LogP contribution is -2.43. The lowest BCUT2D eigenvalue weighted by molar-refractivity contribution is -0.129. The Morgan fingerprint density at radius 3 is 2.54 bits per heavy atom. The van der Waals surface area contributed by atoms with Gasteiger partial charge in [0.05, 0.1) is 0 Å². The molecule has 1 aromatic rings. The average molecular weight is 328 g/mol. The van der Waals surface area contributed by atoms with Crippen molar-refractivity contribution in [2.75, 3.05) is 13.1 Å². The van der Waals surface area contributed by atoms with Gasteiger partial charge < -0.3 is 9.80 Å². The minimum absolute atomic E-state index is 0.185. The number of hydrogen-bond donors (Lipinski definition) is 0. The van der Waals surface area contributed by atoms with Crippen LogP contribution in [0, 0.1) is 5.92 Å². The highest BCUT2D eigenvalue weighted by atomic mass is 16.2. The van der Waals surface area contributed by atoms with Crippen LogP contribution in [-0.2, 0) is 22.6 Å². The molecule has 2 aliphatic heterocycles. The Labute approximate surface area is 144 Å². The predicted molar refractivity (Wildman–Crippen MR) is 94.6 cm³/mol. The molecule has 3 rings (SSSR count). The number of fused-ring (bicyclic) bond motifs is 1. The van der Waals surface area contributed by atoms with E-state index in [0.717, 1.165) is 45.3 Å². The van der Waals surface area contributed by atoms with Crippen molar-refractivity contribution in [1.29, 1.82) is 0 Å². The molecule has 24 heavy (non-hydrogen) atoms. The Hall–Kier alpha value is -1.84. The summed E-state index contributed by atoms with van der Waals surface area (Å²) in [6, 6.07) is 6.84.